The van der Waals surface area contributed by atoms with Crippen LogP contribution in [-0.2, 0) is 4.79 Å². The maximum Gasteiger partial charge on any atom is 0.303 e. The van der Waals surface area contributed by atoms with Gasteiger partial charge in [0.05, 0.1) is 0 Å². The summed E-state index contributed by atoms with van der Waals surface area (Å²) in [6, 6.07) is 0. The van der Waals surface area contributed by atoms with Crippen molar-refractivity contribution < 1.29 is 9.90 Å². The molecule has 2 heteroatoms. The number of carboxylic acid groups (broad SMARTS) is 1. The second kappa shape index (κ2) is 20.4. The Morgan fingerprint density at radius 1 is 0.739 bits per heavy atom. The molecule has 1 N–H and O–H groups in total. The second-order valence-electron chi connectivity index (χ2n) is 5.37. The number of unbranched alkanes of at least 4 members (excludes halogenated alkanes) is 4. The van der Waals surface area contributed by atoms with Crippen LogP contribution < -0.4 is 0 Å². The Kier molecular flexibility index (Phi) is 21.0. The molecule has 0 unspecified atom stereocenters. The van der Waals surface area contributed by atoms with Gasteiger partial charge in [0.15, 0.2) is 0 Å². The van der Waals surface area contributed by atoms with Gasteiger partial charge in [0.2, 0.25) is 0 Å². The monoisotopic (exact) mass is 320 g/mol. The first-order valence-corrected chi connectivity index (χ1v) is 8.59. The minimum absolute atomic E-state index is 0. The molecule has 0 fully saturated rings. The zero-order valence-corrected chi connectivity index (χ0v) is 14.0. The summed E-state index contributed by atoms with van der Waals surface area (Å²) in [6.07, 6.45) is 27.3. The minimum atomic E-state index is -0.712. The van der Waals surface area contributed by atoms with Gasteiger partial charge in [0.1, 0.15) is 0 Å². The topological polar surface area (TPSA) is 37.3 Å². The van der Waals surface area contributed by atoms with E-state index in [-0.39, 0.29) is 13.8 Å². The molecule has 0 aromatic carbocycles. The Bertz CT molecular complexity index is 362. The van der Waals surface area contributed by atoms with E-state index in [0.717, 1.165) is 32.1 Å². The van der Waals surface area contributed by atoms with E-state index in [9.17, 15) is 4.79 Å². The van der Waals surface area contributed by atoms with Gasteiger partial charge in [-0.15, -0.1) is 0 Å². The first-order valence-electron chi connectivity index (χ1n) is 8.59. The highest BCUT2D eigenvalue weighted by molar-refractivity contribution is 5.66. The molecule has 0 radical (unpaired) electrons. The molecule has 0 aliphatic rings. The molecule has 0 aliphatic heterocycles. The third kappa shape index (κ3) is 22.8. The molecule has 0 atom stereocenters. The lowest BCUT2D eigenvalue weighted by Crippen LogP contribution is -1.92. The van der Waals surface area contributed by atoms with Gasteiger partial charge in [0.25, 0.3) is 0 Å². The van der Waals surface area contributed by atoms with E-state index in [1.165, 1.54) is 25.7 Å². The lowest BCUT2D eigenvalue weighted by Gasteiger charge is -1.90. The van der Waals surface area contributed by atoms with Crippen molar-refractivity contribution in [3.63, 3.8) is 0 Å². The molecule has 0 saturated carbocycles. The molecule has 2 nitrogen and oxygen atoms in total. The number of allylic oxidation sites excluding steroid dienone is 8. The average Bonchev–Trinajstić information content (AvgIpc) is 2.50. The standard InChI is InChI=1S/C20H32O2.CH4/c1-2-3-4-5-6-7-8-9-10-11-12-13-14-15-16-17-18-19-20(21)22;/h6-7,9-10,12-13,15-16H,2-5,8,11,14,17-19H2,1H3,(H,21,22);1H4. The van der Waals surface area contributed by atoms with Crippen molar-refractivity contribution >= 4 is 5.97 Å². The van der Waals surface area contributed by atoms with E-state index in [2.05, 4.69) is 55.5 Å². The summed E-state index contributed by atoms with van der Waals surface area (Å²) in [5.74, 6) is -0.712. The molecule has 0 saturated heterocycles. The molecule has 0 aliphatic carbocycles. The maximum absolute atomic E-state index is 10.3. The normalized spacial score (nSPS) is 11.9. The number of aliphatic carboxylic acids is 1. The van der Waals surface area contributed by atoms with Crippen LogP contribution in [0.5, 0.6) is 0 Å². The fraction of sp³-hybridized carbons (Fsp3) is 0.571. The number of rotatable bonds is 14. The Morgan fingerprint density at radius 3 is 1.61 bits per heavy atom. The van der Waals surface area contributed by atoms with Crippen LogP contribution in [-0.4, -0.2) is 11.1 Å². The fourth-order valence-electron chi connectivity index (χ4n) is 1.93. The smallest absolute Gasteiger partial charge is 0.303 e. The molecule has 0 bridgehead atoms. The molecule has 23 heavy (non-hydrogen) atoms. The van der Waals surface area contributed by atoms with Crippen LogP contribution in [0.4, 0.5) is 0 Å². The number of carboxylic acids is 1. The van der Waals surface area contributed by atoms with Crippen molar-refractivity contribution in [1.29, 1.82) is 0 Å². The molecule has 0 spiro atoms. The summed E-state index contributed by atoms with van der Waals surface area (Å²) in [7, 11) is 0. The Balaban J connectivity index is 0. The van der Waals surface area contributed by atoms with Crippen molar-refractivity contribution in [3.05, 3.63) is 48.6 Å². The fourth-order valence-corrected chi connectivity index (χ4v) is 1.93. The van der Waals surface area contributed by atoms with E-state index in [1.54, 1.807) is 0 Å². The summed E-state index contributed by atoms with van der Waals surface area (Å²) in [5, 5.41) is 8.49. The SMILES string of the molecule is C.CCCCCC=CCC=CCC=CCC=CCCCC(=O)O. The van der Waals surface area contributed by atoms with E-state index in [4.69, 9.17) is 5.11 Å². The molecule has 0 amide bonds. The predicted molar refractivity (Wildman–Crippen MR) is 103 cm³/mol. The molecular weight excluding hydrogens is 284 g/mol. The number of carbonyl (C=O) groups is 1. The Labute approximate surface area is 143 Å². The first kappa shape index (κ1) is 23.7. The predicted octanol–water partition coefficient (Wildman–Crippen LogP) is 6.85. The van der Waals surface area contributed by atoms with Gasteiger partial charge < -0.3 is 5.11 Å². The summed E-state index contributed by atoms with van der Waals surface area (Å²) in [6.45, 7) is 2.23. The summed E-state index contributed by atoms with van der Waals surface area (Å²) >= 11 is 0. The van der Waals surface area contributed by atoms with Crippen molar-refractivity contribution in [1.82, 2.24) is 0 Å². The lowest BCUT2D eigenvalue weighted by atomic mass is 10.2. The summed E-state index contributed by atoms with van der Waals surface area (Å²) in [5.41, 5.74) is 0. The van der Waals surface area contributed by atoms with Gasteiger partial charge in [-0.1, -0.05) is 75.8 Å². The van der Waals surface area contributed by atoms with E-state index in [1.807, 2.05) is 0 Å². The zero-order valence-electron chi connectivity index (χ0n) is 14.0. The Morgan fingerprint density at radius 2 is 1.17 bits per heavy atom. The first-order chi connectivity index (χ1) is 10.8. The molecule has 132 valence electrons. The molecule has 0 aromatic heterocycles. The van der Waals surface area contributed by atoms with Crippen LogP contribution >= 0.6 is 0 Å². The highest BCUT2D eigenvalue weighted by Gasteiger charge is 1.92. The Hall–Kier alpha value is -1.57. The summed E-state index contributed by atoms with van der Waals surface area (Å²) in [4.78, 5) is 10.3. The molecule has 0 rings (SSSR count). The van der Waals surface area contributed by atoms with Gasteiger partial charge in [-0.05, 0) is 44.9 Å². The van der Waals surface area contributed by atoms with Crippen LogP contribution in [0.2, 0.25) is 0 Å². The summed E-state index contributed by atoms with van der Waals surface area (Å²) < 4.78 is 0. The molecule has 0 heterocycles. The van der Waals surface area contributed by atoms with Crippen molar-refractivity contribution in [2.75, 3.05) is 0 Å². The lowest BCUT2D eigenvalue weighted by molar-refractivity contribution is -0.137. The van der Waals surface area contributed by atoms with E-state index < -0.39 is 5.97 Å². The van der Waals surface area contributed by atoms with Gasteiger partial charge in [-0.3, -0.25) is 4.79 Å². The second-order valence-corrected chi connectivity index (χ2v) is 5.37. The van der Waals surface area contributed by atoms with Crippen molar-refractivity contribution in [2.45, 2.75) is 78.6 Å². The average molecular weight is 321 g/mol. The van der Waals surface area contributed by atoms with Gasteiger partial charge in [-0.2, -0.15) is 0 Å². The number of hydrogen-bond acceptors (Lipinski definition) is 1. The van der Waals surface area contributed by atoms with Crippen LogP contribution in [0.1, 0.15) is 78.6 Å². The third-order valence-corrected chi connectivity index (χ3v) is 3.22. The number of hydrogen-bond donors (Lipinski definition) is 1. The molecular formula is C21H36O2. The quantitative estimate of drug-likeness (QED) is 0.280. The molecule has 0 aromatic rings. The van der Waals surface area contributed by atoms with Gasteiger partial charge in [-0.25, -0.2) is 0 Å². The minimum Gasteiger partial charge on any atom is -0.481 e. The van der Waals surface area contributed by atoms with Gasteiger partial charge in [0, 0.05) is 6.42 Å². The van der Waals surface area contributed by atoms with Crippen molar-refractivity contribution in [3.8, 4) is 0 Å². The van der Waals surface area contributed by atoms with Gasteiger partial charge >= 0.3 is 5.97 Å². The van der Waals surface area contributed by atoms with Crippen LogP contribution in [0.25, 0.3) is 0 Å². The van der Waals surface area contributed by atoms with Crippen molar-refractivity contribution in [2.24, 2.45) is 0 Å². The van der Waals surface area contributed by atoms with Crippen LogP contribution in [0, 0.1) is 0 Å². The van der Waals surface area contributed by atoms with Crippen LogP contribution in [0.3, 0.4) is 0 Å². The van der Waals surface area contributed by atoms with E-state index >= 15 is 0 Å². The zero-order chi connectivity index (χ0) is 16.3. The largest absolute Gasteiger partial charge is 0.481 e. The highest BCUT2D eigenvalue weighted by atomic mass is 16.4. The van der Waals surface area contributed by atoms with E-state index in [0.29, 0.717) is 0 Å². The highest BCUT2D eigenvalue weighted by Crippen LogP contribution is 2.01. The third-order valence-electron chi connectivity index (χ3n) is 3.22. The van der Waals surface area contributed by atoms with Crippen LogP contribution in [0.15, 0.2) is 48.6 Å². The maximum atomic E-state index is 10.3.